The van der Waals surface area contributed by atoms with Crippen LogP contribution in [0.3, 0.4) is 0 Å². The van der Waals surface area contributed by atoms with Crippen molar-refractivity contribution in [3.8, 4) is 0 Å². The molecule has 20 heavy (non-hydrogen) atoms. The second kappa shape index (κ2) is 6.51. The van der Waals surface area contributed by atoms with Gasteiger partial charge in [-0.05, 0) is 62.2 Å². The molecule has 0 radical (unpaired) electrons. The van der Waals surface area contributed by atoms with Crippen molar-refractivity contribution in [2.45, 2.75) is 26.3 Å². The smallest absolute Gasteiger partial charge is 0.128 e. The molecule has 0 saturated carbocycles. The van der Waals surface area contributed by atoms with Crippen molar-refractivity contribution in [3.63, 3.8) is 0 Å². The van der Waals surface area contributed by atoms with Gasteiger partial charge in [-0.3, -0.25) is 0 Å². The van der Waals surface area contributed by atoms with Gasteiger partial charge in [0.2, 0.25) is 0 Å². The molecule has 1 unspecified atom stereocenters. The minimum atomic E-state index is -0.128. The van der Waals surface area contributed by atoms with Crippen LogP contribution in [0.2, 0.25) is 0 Å². The fourth-order valence-electron chi connectivity index (χ4n) is 2.62. The van der Waals surface area contributed by atoms with Crippen LogP contribution in [0.5, 0.6) is 0 Å². The Morgan fingerprint density at radius 1 is 1.20 bits per heavy atom. The highest BCUT2D eigenvalue weighted by atomic mass is 79.9. The second-order valence-corrected chi connectivity index (χ2v) is 6.07. The first-order valence-corrected chi connectivity index (χ1v) is 7.49. The number of halogens is 2. The van der Waals surface area contributed by atoms with E-state index < -0.39 is 0 Å². The normalized spacial score (nSPS) is 12.4. The molecule has 0 heterocycles. The number of hydrogen-bond donors (Lipinski definition) is 1. The maximum atomic E-state index is 14.3. The van der Waals surface area contributed by atoms with Crippen molar-refractivity contribution in [1.29, 1.82) is 0 Å². The van der Waals surface area contributed by atoms with Crippen LogP contribution in [0, 0.1) is 19.7 Å². The van der Waals surface area contributed by atoms with Crippen LogP contribution in [-0.2, 0) is 6.42 Å². The first-order valence-electron chi connectivity index (χ1n) is 6.69. The predicted octanol–water partition coefficient (Wildman–Crippen LogP) is 4.71. The van der Waals surface area contributed by atoms with Crippen molar-refractivity contribution in [3.05, 3.63) is 68.9 Å². The third-order valence-corrected chi connectivity index (χ3v) is 4.00. The molecule has 0 saturated heterocycles. The molecule has 0 amide bonds. The van der Waals surface area contributed by atoms with Crippen molar-refractivity contribution < 1.29 is 4.39 Å². The Balaban J connectivity index is 2.34. The van der Waals surface area contributed by atoms with Gasteiger partial charge in [0.1, 0.15) is 5.82 Å². The van der Waals surface area contributed by atoms with E-state index in [1.54, 1.807) is 6.07 Å². The van der Waals surface area contributed by atoms with Gasteiger partial charge >= 0.3 is 0 Å². The van der Waals surface area contributed by atoms with Gasteiger partial charge in [-0.1, -0.05) is 34.1 Å². The molecule has 0 aromatic heterocycles. The van der Waals surface area contributed by atoms with Crippen LogP contribution in [0.15, 0.2) is 40.9 Å². The first kappa shape index (κ1) is 15.2. The van der Waals surface area contributed by atoms with Gasteiger partial charge in [-0.15, -0.1) is 0 Å². The van der Waals surface area contributed by atoms with E-state index in [1.807, 2.05) is 39.1 Å². The summed E-state index contributed by atoms with van der Waals surface area (Å²) in [4.78, 5) is 0. The highest BCUT2D eigenvalue weighted by molar-refractivity contribution is 9.10. The molecule has 2 aromatic carbocycles. The Morgan fingerprint density at radius 2 is 1.95 bits per heavy atom. The first-order chi connectivity index (χ1) is 9.51. The summed E-state index contributed by atoms with van der Waals surface area (Å²) in [5, 5.41) is 3.23. The number of rotatable bonds is 4. The highest BCUT2D eigenvalue weighted by Gasteiger charge is 2.17. The summed E-state index contributed by atoms with van der Waals surface area (Å²) in [6, 6.07) is 11.8. The van der Waals surface area contributed by atoms with Crippen molar-refractivity contribution in [2.24, 2.45) is 0 Å². The van der Waals surface area contributed by atoms with Gasteiger partial charge in [0.25, 0.3) is 0 Å². The quantitative estimate of drug-likeness (QED) is 0.853. The number of benzene rings is 2. The van der Waals surface area contributed by atoms with Gasteiger partial charge in [0.15, 0.2) is 0 Å². The summed E-state index contributed by atoms with van der Waals surface area (Å²) < 4.78 is 15.3. The summed E-state index contributed by atoms with van der Waals surface area (Å²) >= 11 is 3.47. The second-order valence-electron chi connectivity index (χ2n) is 5.15. The molecule has 0 spiro atoms. The Bertz CT molecular complexity index is 587. The van der Waals surface area contributed by atoms with Gasteiger partial charge in [0.05, 0.1) is 0 Å². The lowest BCUT2D eigenvalue weighted by molar-refractivity contribution is 0.530. The van der Waals surface area contributed by atoms with E-state index in [-0.39, 0.29) is 11.9 Å². The highest BCUT2D eigenvalue weighted by Crippen LogP contribution is 2.26. The molecule has 2 aromatic rings. The maximum Gasteiger partial charge on any atom is 0.128 e. The molecule has 0 fully saturated rings. The van der Waals surface area contributed by atoms with E-state index in [0.29, 0.717) is 0 Å². The standard InChI is InChI=1S/C17H19BrFN/c1-11-7-12(2)17(15(19)8-11)16(20-3)10-13-5-4-6-14(18)9-13/h4-9,16,20H,10H2,1-3H3. The minimum Gasteiger partial charge on any atom is -0.313 e. The molecular weight excluding hydrogens is 317 g/mol. The zero-order chi connectivity index (χ0) is 14.7. The third kappa shape index (κ3) is 3.47. The lowest BCUT2D eigenvalue weighted by atomic mass is 9.94. The molecular formula is C17H19BrFN. The molecule has 1 nitrogen and oxygen atoms in total. The fraction of sp³-hybridized carbons (Fsp3) is 0.294. The van der Waals surface area contributed by atoms with Crippen LogP contribution in [0.1, 0.15) is 28.3 Å². The van der Waals surface area contributed by atoms with Crippen LogP contribution in [-0.4, -0.2) is 7.05 Å². The van der Waals surface area contributed by atoms with E-state index >= 15 is 0 Å². The molecule has 0 bridgehead atoms. The van der Waals surface area contributed by atoms with Crippen LogP contribution in [0.25, 0.3) is 0 Å². The van der Waals surface area contributed by atoms with Gasteiger partial charge in [0, 0.05) is 16.1 Å². The molecule has 1 N–H and O–H groups in total. The summed E-state index contributed by atoms with van der Waals surface area (Å²) in [7, 11) is 1.88. The lowest BCUT2D eigenvalue weighted by Crippen LogP contribution is -2.21. The topological polar surface area (TPSA) is 12.0 Å². The molecule has 1 atom stereocenters. The molecule has 3 heteroatoms. The van der Waals surface area contributed by atoms with E-state index in [0.717, 1.165) is 27.6 Å². The average molecular weight is 336 g/mol. The Labute approximate surface area is 128 Å². The molecule has 0 aliphatic heterocycles. The average Bonchev–Trinajstić information content (AvgIpc) is 2.36. The summed E-state index contributed by atoms with van der Waals surface area (Å²) in [5.74, 6) is -0.128. The largest absolute Gasteiger partial charge is 0.313 e. The summed E-state index contributed by atoms with van der Waals surface area (Å²) in [6.45, 7) is 3.89. The summed E-state index contributed by atoms with van der Waals surface area (Å²) in [6.07, 6.45) is 0.761. The van der Waals surface area contributed by atoms with Crippen molar-refractivity contribution >= 4 is 15.9 Å². The van der Waals surface area contributed by atoms with Crippen LogP contribution < -0.4 is 5.32 Å². The van der Waals surface area contributed by atoms with Gasteiger partial charge in [-0.2, -0.15) is 0 Å². The number of likely N-dealkylation sites (N-methyl/N-ethyl adjacent to an activating group) is 1. The summed E-state index contributed by atoms with van der Waals surface area (Å²) in [5.41, 5.74) is 3.90. The fourth-order valence-corrected chi connectivity index (χ4v) is 3.06. The molecule has 2 rings (SSSR count). The van der Waals surface area contributed by atoms with Crippen LogP contribution >= 0.6 is 15.9 Å². The number of aryl methyl sites for hydroxylation is 2. The molecule has 106 valence electrons. The van der Waals surface area contributed by atoms with Gasteiger partial charge in [-0.25, -0.2) is 4.39 Å². The molecule has 0 aliphatic rings. The zero-order valence-electron chi connectivity index (χ0n) is 12.0. The Hall–Kier alpha value is -1.19. The van der Waals surface area contributed by atoms with E-state index in [1.165, 1.54) is 5.56 Å². The Morgan fingerprint density at radius 3 is 2.55 bits per heavy atom. The lowest BCUT2D eigenvalue weighted by Gasteiger charge is -2.20. The van der Waals surface area contributed by atoms with E-state index in [4.69, 9.17) is 0 Å². The SMILES string of the molecule is CNC(Cc1cccc(Br)c1)c1c(C)cc(C)cc1F. The zero-order valence-corrected chi connectivity index (χ0v) is 13.6. The van der Waals surface area contributed by atoms with E-state index in [9.17, 15) is 4.39 Å². The molecule has 0 aliphatic carbocycles. The third-order valence-electron chi connectivity index (χ3n) is 3.51. The predicted molar refractivity (Wildman–Crippen MR) is 85.5 cm³/mol. The maximum absolute atomic E-state index is 14.3. The van der Waals surface area contributed by atoms with Crippen molar-refractivity contribution in [2.75, 3.05) is 7.05 Å². The van der Waals surface area contributed by atoms with Gasteiger partial charge < -0.3 is 5.32 Å². The van der Waals surface area contributed by atoms with Crippen molar-refractivity contribution in [1.82, 2.24) is 5.32 Å². The monoisotopic (exact) mass is 335 g/mol. The van der Waals surface area contributed by atoms with E-state index in [2.05, 4.69) is 33.4 Å². The number of hydrogen-bond acceptors (Lipinski definition) is 1. The van der Waals surface area contributed by atoms with Crippen LogP contribution in [0.4, 0.5) is 4.39 Å². The Kier molecular flexibility index (Phi) is 4.95. The minimum absolute atomic E-state index is 0.0232. The number of nitrogens with one attached hydrogen (secondary N) is 1.